The van der Waals surface area contributed by atoms with Gasteiger partial charge in [-0.3, -0.25) is 4.79 Å². The Morgan fingerprint density at radius 2 is 1.81 bits per heavy atom. The predicted molar refractivity (Wildman–Crippen MR) is 122 cm³/mol. The van der Waals surface area contributed by atoms with Crippen molar-refractivity contribution in [3.63, 3.8) is 0 Å². The first-order valence-corrected chi connectivity index (χ1v) is 11.2. The molecule has 1 aliphatic heterocycles. The number of amides is 3. The van der Waals surface area contributed by atoms with E-state index in [9.17, 15) is 14.0 Å². The van der Waals surface area contributed by atoms with Crippen LogP contribution in [0.1, 0.15) is 26.7 Å². The summed E-state index contributed by atoms with van der Waals surface area (Å²) in [5.41, 5.74) is 1.49. The van der Waals surface area contributed by atoms with Gasteiger partial charge in [0.2, 0.25) is 5.91 Å². The van der Waals surface area contributed by atoms with Gasteiger partial charge >= 0.3 is 6.03 Å². The van der Waals surface area contributed by atoms with E-state index >= 15 is 0 Å². The minimum atomic E-state index is -0.286. The second kappa shape index (κ2) is 11.4. The van der Waals surface area contributed by atoms with Crippen LogP contribution in [-0.4, -0.2) is 77.7 Å². The fraction of sp³-hybridized carbons (Fsp3) is 0.478. The zero-order valence-electron chi connectivity index (χ0n) is 18.8. The van der Waals surface area contributed by atoms with Crippen molar-refractivity contribution >= 4 is 17.8 Å². The highest BCUT2D eigenvalue weighted by atomic mass is 19.1. The zero-order valence-corrected chi connectivity index (χ0v) is 18.8. The maximum Gasteiger partial charge on any atom is 0.317 e. The highest BCUT2D eigenvalue weighted by molar-refractivity contribution is 5.84. The topological polar surface area (TPSA) is 81.7 Å². The number of hydrogen-bond donors (Lipinski definition) is 1. The number of nitrogens with zero attached hydrogens (tertiary/aromatic N) is 5. The Morgan fingerprint density at radius 3 is 2.47 bits per heavy atom. The van der Waals surface area contributed by atoms with Gasteiger partial charge in [-0.15, -0.1) is 10.2 Å². The van der Waals surface area contributed by atoms with Crippen molar-refractivity contribution in [3.8, 4) is 11.3 Å². The van der Waals surface area contributed by atoms with Crippen molar-refractivity contribution in [1.82, 2.24) is 25.3 Å². The van der Waals surface area contributed by atoms with Gasteiger partial charge in [-0.1, -0.05) is 6.92 Å². The van der Waals surface area contributed by atoms with Gasteiger partial charge in [0.1, 0.15) is 12.4 Å². The quantitative estimate of drug-likeness (QED) is 0.713. The molecule has 1 aliphatic rings. The van der Waals surface area contributed by atoms with Crippen molar-refractivity contribution in [2.24, 2.45) is 0 Å². The summed E-state index contributed by atoms with van der Waals surface area (Å²) in [6.45, 7) is 7.65. The number of carbonyl (C=O) groups excluding carboxylic acids is 2. The maximum atomic E-state index is 13.1. The van der Waals surface area contributed by atoms with Gasteiger partial charge in [0.25, 0.3) is 0 Å². The van der Waals surface area contributed by atoms with Gasteiger partial charge in [0, 0.05) is 44.8 Å². The number of halogens is 1. The third kappa shape index (κ3) is 6.15. The number of aromatic nitrogens is 2. The van der Waals surface area contributed by atoms with E-state index in [1.54, 1.807) is 17.0 Å². The van der Waals surface area contributed by atoms with Crippen LogP contribution in [-0.2, 0) is 4.79 Å². The lowest BCUT2D eigenvalue weighted by Gasteiger charge is -2.27. The number of urea groups is 1. The Morgan fingerprint density at radius 1 is 1.03 bits per heavy atom. The monoisotopic (exact) mass is 442 g/mol. The Balaban J connectivity index is 1.58. The first kappa shape index (κ1) is 23.4. The predicted octanol–water partition coefficient (Wildman–Crippen LogP) is 2.76. The molecule has 172 valence electrons. The van der Waals surface area contributed by atoms with E-state index in [1.807, 2.05) is 30.9 Å². The summed E-state index contributed by atoms with van der Waals surface area (Å²) >= 11 is 0. The molecule has 0 bridgehead atoms. The molecule has 0 unspecified atom stereocenters. The van der Waals surface area contributed by atoms with Gasteiger partial charge in [-0.2, -0.15) is 0 Å². The number of carbonyl (C=O) groups is 2. The average molecular weight is 443 g/mol. The van der Waals surface area contributed by atoms with Gasteiger partial charge in [0.15, 0.2) is 5.82 Å². The molecule has 0 spiro atoms. The summed E-state index contributed by atoms with van der Waals surface area (Å²) in [5.74, 6) is 0.426. The molecule has 3 amide bonds. The van der Waals surface area contributed by atoms with E-state index in [0.717, 1.165) is 30.8 Å². The first-order chi connectivity index (χ1) is 15.5. The molecule has 0 radical (unpaired) electrons. The van der Waals surface area contributed by atoms with Crippen LogP contribution in [0.4, 0.5) is 15.0 Å². The maximum absolute atomic E-state index is 13.1. The van der Waals surface area contributed by atoms with E-state index in [-0.39, 0.29) is 24.3 Å². The average Bonchev–Trinajstić information content (AvgIpc) is 3.06. The molecule has 1 aromatic carbocycles. The molecule has 3 rings (SSSR count). The Labute approximate surface area is 188 Å². The van der Waals surface area contributed by atoms with Crippen LogP contribution in [0.3, 0.4) is 0 Å². The highest BCUT2D eigenvalue weighted by Crippen LogP contribution is 2.20. The van der Waals surface area contributed by atoms with Crippen molar-refractivity contribution in [2.45, 2.75) is 26.7 Å². The van der Waals surface area contributed by atoms with Crippen LogP contribution >= 0.6 is 0 Å². The van der Waals surface area contributed by atoms with Crippen molar-refractivity contribution in [1.29, 1.82) is 0 Å². The Kier molecular flexibility index (Phi) is 8.35. The van der Waals surface area contributed by atoms with E-state index < -0.39 is 0 Å². The molecule has 2 aromatic rings. The van der Waals surface area contributed by atoms with Crippen molar-refractivity contribution in [3.05, 3.63) is 42.2 Å². The standard InChI is InChI=1S/C23H31FN6O2/c1-3-12-30(23(32)25-4-2)17-22(31)29-14-5-13-28(15-16-29)21-11-10-20(26-27-21)18-6-8-19(24)9-7-18/h6-11H,3-5,12-17H2,1-2H3,(H,25,32). The smallest absolute Gasteiger partial charge is 0.317 e. The number of benzene rings is 1. The summed E-state index contributed by atoms with van der Waals surface area (Å²) in [5, 5.41) is 11.4. The van der Waals surface area contributed by atoms with E-state index in [0.29, 0.717) is 38.4 Å². The molecule has 2 heterocycles. The van der Waals surface area contributed by atoms with E-state index in [4.69, 9.17) is 0 Å². The van der Waals surface area contributed by atoms with Crippen molar-refractivity contribution in [2.75, 3.05) is 50.7 Å². The molecule has 1 aromatic heterocycles. The van der Waals surface area contributed by atoms with Crippen molar-refractivity contribution < 1.29 is 14.0 Å². The van der Waals surface area contributed by atoms with Crippen LogP contribution in [0.2, 0.25) is 0 Å². The second-order valence-electron chi connectivity index (χ2n) is 7.76. The first-order valence-electron chi connectivity index (χ1n) is 11.2. The number of nitrogens with one attached hydrogen (secondary N) is 1. The summed E-state index contributed by atoms with van der Waals surface area (Å²) in [7, 11) is 0. The van der Waals surface area contributed by atoms with Gasteiger partial charge in [-0.25, -0.2) is 9.18 Å². The van der Waals surface area contributed by atoms with E-state index in [2.05, 4.69) is 20.4 Å². The minimum absolute atomic E-state index is 0.0377. The normalized spacial score (nSPS) is 14.1. The SMILES string of the molecule is CCCN(CC(=O)N1CCCN(c2ccc(-c3ccc(F)cc3)nn2)CC1)C(=O)NCC. The molecule has 8 nitrogen and oxygen atoms in total. The molecule has 0 saturated carbocycles. The fourth-order valence-electron chi connectivity index (χ4n) is 3.71. The van der Waals surface area contributed by atoms with Gasteiger partial charge in [0.05, 0.1) is 5.69 Å². The Bertz CT molecular complexity index is 890. The zero-order chi connectivity index (χ0) is 22.9. The lowest BCUT2D eigenvalue weighted by Crippen LogP contribution is -2.47. The van der Waals surface area contributed by atoms with Gasteiger partial charge < -0.3 is 20.0 Å². The highest BCUT2D eigenvalue weighted by Gasteiger charge is 2.23. The summed E-state index contributed by atoms with van der Waals surface area (Å²) in [6, 6.07) is 9.74. The molecule has 0 atom stereocenters. The number of hydrogen-bond acceptors (Lipinski definition) is 5. The molecule has 32 heavy (non-hydrogen) atoms. The van der Waals surface area contributed by atoms with Crippen LogP contribution in [0.5, 0.6) is 0 Å². The van der Waals surface area contributed by atoms with Crippen LogP contribution in [0, 0.1) is 5.82 Å². The molecule has 1 fully saturated rings. The lowest BCUT2D eigenvalue weighted by atomic mass is 10.1. The van der Waals surface area contributed by atoms with Crippen LogP contribution in [0.15, 0.2) is 36.4 Å². The fourth-order valence-corrected chi connectivity index (χ4v) is 3.71. The van der Waals surface area contributed by atoms with Crippen LogP contribution in [0.25, 0.3) is 11.3 Å². The molecule has 9 heteroatoms. The van der Waals surface area contributed by atoms with Gasteiger partial charge in [-0.05, 0) is 56.2 Å². The molecular formula is C23H31FN6O2. The molecule has 1 N–H and O–H groups in total. The molecular weight excluding hydrogens is 411 g/mol. The van der Waals surface area contributed by atoms with Crippen LogP contribution < -0.4 is 10.2 Å². The largest absolute Gasteiger partial charge is 0.353 e. The minimum Gasteiger partial charge on any atom is -0.353 e. The summed E-state index contributed by atoms with van der Waals surface area (Å²) in [4.78, 5) is 30.6. The summed E-state index contributed by atoms with van der Waals surface area (Å²) < 4.78 is 13.1. The number of rotatable bonds is 7. The lowest BCUT2D eigenvalue weighted by molar-refractivity contribution is -0.131. The third-order valence-corrected chi connectivity index (χ3v) is 5.40. The third-order valence-electron chi connectivity index (χ3n) is 5.40. The van der Waals surface area contributed by atoms with E-state index in [1.165, 1.54) is 12.1 Å². The second-order valence-corrected chi connectivity index (χ2v) is 7.76. The number of anilines is 1. The molecule has 1 saturated heterocycles. The summed E-state index contributed by atoms with van der Waals surface area (Å²) in [6.07, 6.45) is 1.60. The Hall–Kier alpha value is -3.23. The molecule has 0 aliphatic carbocycles.